The van der Waals surface area contributed by atoms with E-state index in [0.717, 1.165) is 44.2 Å². The second kappa shape index (κ2) is 47.8. The number of aryl methyl sites for hydroxylation is 5. The van der Waals surface area contributed by atoms with E-state index in [2.05, 4.69) is 14.9 Å². The number of aromatic nitrogens is 2. The molecule has 0 saturated carbocycles. The molecule has 14 rings (SSSR count). The number of nitrogens with zero attached hydrogens (tertiary/aromatic N) is 14. The Hall–Kier alpha value is -11.0. The summed E-state index contributed by atoms with van der Waals surface area (Å²) in [5, 5.41) is 45.8. The minimum atomic E-state index is -4.04. The van der Waals surface area contributed by atoms with Crippen molar-refractivity contribution in [1.29, 1.82) is 21.0 Å². The number of halogens is 6. The van der Waals surface area contributed by atoms with Crippen LogP contribution < -0.4 is 19.5 Å². The molecule has 4 aliphatic heterocycles. The molecule has 1 N–H and O–H groups in total. The van der Waals surface area contributed by atoms with Crippen molar-refractivity contribution >= 4 is 163 Å². The largest absolute Gasteiger partial charge is 0.456 e. The Morgan fingerprint density at radius 3 is 1.18 bits per heavy atom. The lowest BCUT2D eigenvalue weighted by Crippen LogP contribution is -2.53. The first-order chi connectivity index (χ1) is 64.7. The molecule has 5 heterocycles. The number of nitriles is 4. The summed E-state index contributed by atoms with van der Waals surface area (Å²) in [4.78, 5) is 69.5. The van der Waals surface area contributed by atoms with Crippen LogP contribution in [0.2, 0.25) is 20.1 Å². The van der Waals surface area contributed by atoms with Crippen molar-refractivity contribution in [3.8, 4) is 58.8 Å². The van der Waals surface area contributed by atoms with Gasteiger partial charge in [0.05, 0.1) is 63.5 Å². The zero-order valence-electron chi connectivity index (χ0n) is 74.2. The SMILES string of the molecule is CC(=O)c1cccc(CC(=O)N2CCN(S(=O)(=O)c3cc(C#N)ccc3Oc3cc(C)cc(Cl)c3)CC2)c1.Cc1cc(Cl)cc(Oc2ccc(C#N)cc2S(=O)(=O)N2CCN(C(=O)CCCCl)CC2)c1.Cc1cc(Cl)cc(Oc2ccc(C#N)cc2S(=O)(=O)N2CCN(C(=O)NCCCl)CC2)c1.Cc1cc(Cl)cc(Sc2ccc(C#N)cc2S(=O)(=O)N2CCN(C(=O)c3snnc3C)CC2)c1. The Morgan fingerprint density at radius 1 is 0.434 bits per heavy atom. The molecule has 4 fully saturated rings. The molecule has 10 aromatic rings. The van der Waals surface area contributed by atoms with Crippen molar-refractivity contribution in [2.75, 3.05) is 123 Å². The molecular weight excluding hydrogens is 1990 g/mol. The first-order valence-corrected chi connectivity index (χ1v) is 52.0. The highest BCUT2D eigenvalue weighted by Gasteiger charge is 2.39. The lowest BCUT2D eigenvalue weighted by atomic mass is 10.1. The summed E-state index contributed by atoms with van der Waals surface area (Å²) in [6.07, 6.45) is 1.05. The number of ether oxygens (including phenoxy) is 3. The number of nitrogens with one attached hydrogen (secondary N) is 1. The fourth-order valence-electron chi connectivity index (χ4n) is 14.6. The Labute approximate surface area is 828 Å². The van der Waals surface area contributed by atoms with Crippen LogP contribution in [0.15, 0.2) is 199 Å². The number of sulfonamides is 4. The molecule has 0 atom stereocenters. The van der Waals surface area contributed by atoms with E-state index >= 15 is 0 Å². The van der Waals surface area contributed by atoms with Gasteiger partial charge in [0.15, 0.2) is 5.78 Å². The van der Waals surface area contributed by atoms with Crippen molar-refractivity contribution < 1.29 is 71.9 Å². The van der Waals surface area contributed by atoms with Crippen molar-refractivity contribution in [3.05, 3.63) is 256 Å². The van der Waals surface area contributed by atoms with Crippen LogP contribution in [0, 0.1) is 79.9 Å². The van der Waals surface area contributed by atoms with Crippen molar-refractivity contribution in [3.63, 3.8) is 0 Å². The molecule has 0 aliphatic carbocycles. The van der Waals surface area contributed by atoms with Gasteiger partial charge in [-0.2, -0.15) is 38.3 Å². The summed E-state index contributed by atoms with van der Waals surface area (Å²) < 4.78 is 135. The number of Topliss-reactive ketones (excluding diaryl/α,β-unsaturated/α-hetero) is 1. The molecule has 0 bridgehead atoms. The number of rotatable bonds is 25. The first-order valence-electron chi connectivity index (χ1n) is 42.1. The molecule has 0 unspecified atom stereocenters. The van der Waals surface area contributed by atoms with Gasteiger partial charge in [-0.15, -0.1) is 28.3 Å². The molecule has 9 aromatic carbocycles. The summed E-state index contributed by atoms with van der Waals surface area (Å²) in [6, 6.07) is 52.7. The molecule has 4 saturated heterocycles. The number of alkyl halides is 2. The normalized spacial score (nSPS) is 14.5. The van der Waals surface area contributed by atoms with Gasteiger partial charge in [-0.05, 0) is 239 Å². The van der Waals surface area contributed by atoms with Crippen LogP contribution >= 0.6 is 92.9 Å². The summed E-state index contributed by atoms with van der Waals surface area (Å²) in [6.45, 7) is 14.0. The van der Waals surface area contributed by atoms with E-state index < -0.39 is 40.1 Å². The molecule has 0 spiro atoms. The number of urea groups is 1. The number of carbonyl (C=O) groups is 5. The fraction of sp³-hybridized carbons (Fsp3) is 0.301. The third-order valence-electron chi connectivity index (χ3n) is 21.4. The van der Waals surface area contributed by atoms with E-state index in [1.165, 1.54) is 101 Å². The molecule has 5 amide bonds. The number of amides is 5. The van der Waals surface area contributed by atoms with Crippen molar-refractivity contribution in [1.82, 2.24) is 51.7 Å². The van der Waals surface area contributed by atoms with Crippen LogP contribution in [-0.2, 0) is 56.1 Å². The van der Waals surface area contributed by atoms with Gasteiger partial charge in [0, 0.05) is 165 Å². The van der Waals surface area contributed by atoms with Gasteiger partial charge in [0.1, 0.15) is 54.1 Å². The maximum absolute atomic E-state index is 13.6. The predicted octanol–water partition coefficient (Wildman–Crippen LogP) is 16.3. The molecule has 712 valence electrons. The number of hydrogen-bond donors (Lipinski definition) is 1. The topological polar surface area (TPSA) is 408 Å². The standard InChI is InChI=1S/C28H26ClN3O5S.C22H23Cl2N3O4S.C22H20ClN5O3S3.C21H22Cl2N4O4S/c1-19-12-24(29)17-25(13-19)37-26-7-6-22(18-30)15-27(26)38(35,36)32-10-8-31(9-11-32)28(34)16-21-4-3-5-23(14-21)20(2)33;1-16-11-18(24)14-19(12-16)31-20-5-4-17(15-25)13-21(20)32(29,30)27-9-7-26(8-10-27)22(28)3-2-6-23;1-14-9-17(23)12-18(10-14)32-19-4-3-16(13-24)11-20(19)34(30,31)28-7-5-27(6-8-28)22(29)21-15(2)25-26-33-21;1-15-10-17(23)13-18(11-15)31-19-3-2-16(14-24)12-20(19)32(29,30)27-8-6-26(7-9-27)21(28)25-5-4-22/h3-7,12-15,17H,8-11,16H2,1-2H3;4-5,11-14H,2-3,6-10H2,1H3;3-4,9-12H,5-8H2,1-2H3;2-3,10-13H,4-9H2,1H3,(H,25,28). The van der Waals surface area contributed by atoms with Crippen LogP contribution in [0.5, 0.6) is 34.5 Å². The predicted molar refractivity (Wildman–Crippen MR) is 518 cm³/mol. The maximum Gasteiger partial charge on any atom is 0.317 e. The maximum atomic E-state index is 13.6. The van der Waals surface area contributed by atoms with E-state index in [9.17, 15) is 78.7 Å². The number of hydrogen-bond acceptors (Lipinski definition) is 24. The average Bonchev–Trinajstić information content (AvgIpc) is 0.814. The van der Waals surface area contributed by atoms with Gasteiger partial charge in [-0.25, -0.2) is 38.5 Å². The van der Waals surface area contributed by atoms with E-state index in [1.807, 2.05) is 64.1 Å². The second-order valence-electron chi connectivity index (χ2n) is 31.4. The average molecular weight is 2080 g/mol. The van der Waals surface area contributed by atoms with E-state index in [0.29, 0.717) is 103 Å². The van der Waals surface area contributed by atoms with Crippen LogP contribution in [-0.4, -0.2) is 233 Å². The molecular formula is C93H91Cl6N15O16S6. The highest BCUT2D eigenvalue weighted by Crippen LogP contribution is 2.41. The van der Waals surface area contributed by atoms with Crippen LogP contribution in [0.25, 0.3) is 0 Å². The summed E-state index contributed by atoms with van der Waals surface area (Å²) in [5.74, 6) is 1.69. The van der Waals surface area contributed by atoms with Crippen molar-refractivity contribution in [2.45, 2.75) is 90.2 Å². The van der Waals surface area contributed by atoms with Crippen LogP contribution in [0.4, 0.5) is 4.79 Å². The lowest BCUT2D eigenvalue weighted by Gasteiger charge is -2.34. The molecule has 136 heavy (non-hydrogen) atoms. The van der Waals surface area contributed by atoms with E-state index in [4.69, 9.17) is 83.8 Å². The van der Waals surface area contributed by atoms with E-state index in [-0.39, 0.29) is 187 Å². The van der Waals surface area contributed by atoms with Crippen LogP contribution in [0.3, 0.4) is 0 Å². The number of benzene rings is 9. The Balaban J connectivity index is 0.000000175. The van der Waals surface area contributed by atoms with Gasteiger partial charge in [-0.3, -0.25) is 19.2 Å². The highest BCUT2D eigenvalue weighted by molar-refractivity contribution is 8.00. The zero-order chi connectivity index (χ0) is 98.5. The van der Waals surface area contributed by atoms with Gasteiger partial charge >= 0.3 is 6.03 Å². The Kier molecular flexibility index (Phi) is 37.1. The molecule has 1 aromatic heterocycles. The number of ketones is 1. The van der Waals surface area contributed by atoms with Crippen molar-refractivity contribution in [2.24, 2.45) is 0 Å². The minimum Gasteiger partial charge on any atom is -0.456 e. The Morgan fingerprint density at radius 2 is 0.809 bits per heavy atom. The molecule has 4 aliphatic rings. The van der Waals surface area contributed by atoms with Gasteiger partial charge in [0.2, 0.25) is 51.9 Å². The highest BCUT2D eigenvalue weighted by atomic mass is 35.5. The van der Waals surface area contributed by atoms with E-state index in [1.54, 1.807) is 119 Å². The smallest absolute Gasteiger partial charge is 0.317 e. The van der Waals surface area contributed by atoms with Gasteiger partial charge in [0.25, 0.3) is 5.91 Å². The molecule has 0 radical (unpaired) electrons. The third-order valence-corrected chi connectivity index (χ3v) is 32.4. The zero-order valence-corrected chi connectivity index (χ0v) is 83.7. The first kappa shape index (κ1) is 105. The quantitative estimate of drug-likeness (QED) is 0.0410. The number of carbonyl (C=O) groups excluding carboxylic acids is 5. The van der Waals surface area contributed by atoms with Crippen LogP contribution in [0.1, 0.15) is 95.6 Å². The monoisotopic (exact) mass is 2080 g/mol. The van der Waals surface area contributed by atoms with Gasteiger partial charge in [-0.1, -0.05) is 80.9 Å². The Bertz CT molecular complexity index is 6570. The third kappa shape index (κ3) is 27.7. The molecule has 31 nitrogen and oxygen atoms in total. The lowest BCUT2D eigenvalue weighted by molar-refractivity contribution is -0.132. The summed E-state index contributed by atoms with van der Waals surface area (Å²) in [5.41, 5.74) is 6.18. The fourth-order valence-corrected chi connectivity index (χ4v) is 24.3. The molecule has 43 heteroatoms. The summed E-state index contributed by atoms with van der Waals surface area (Å²) >= 11 is 38.1. The van der Waals surface area contributed by atoms with Gasteiger partial charge < -0.3 is 39.1 Å². The summed E-state index contributed by atoms with van der Waals surface area (Å²) in [7, 11) is -15.9. The number of piperazine rings is 4. The second-order valence-corrected chi connectivity index (χ2v) is 43.3. The minimum absolute atomic E-state index is 0.0328.